The van der Waals surface area contributed by atoms with Crippen LogP contribution in [-0.2, 0) is 0 Å². The zero-order valence-corrected chi connectivity index (χ0v) is 13.8. The Kier molecular flexibility index (Phi) is 5.61. The summed E-state index contributed by atoms with van der Waals surface area (Å²) in [6, 6.07) is 7.87. The molecule has 20 heavy (non-hydrogen) atoms. The first-order chi connectivity index (χ1) is 9.56. The highest BCUT2D eigenvalue weighted by Gasteiger charge is 2.21. The van der Waals surface area contributed by atoms with Crippen LogP contribution < -0.4 is 5.32 Å². The minimum absolute atomic E-state index is 0.00871. The Balaban J connectivity index is 1.82. The number of carbonyl (C=O) groups is 1. The van der Waals surface area contributed by atoms with Gasteiger partial charge in [-0.1, -0.05) is 22.9 Å². The maximum atomic E-state index is 12.1. The molecule has 1 aromatic carbocycles. The summed E-state index contributed by atoms with van der Waals surface area (Å²) in [4.78, 5) is 14.5. The van der Waals surface area contributed by atoms with Gasteiger partial charge < -0.3 is 5.32 Å². The number of hydrogen-bond donors (Lipinski definition) is 1. The molecule has 3 nitrogen and oxygen atoms in total. The molecule has 1 saturated heterocycles. The van der Waals surface area contributed by atoms with Crippen LogP contribution in [0.15, 0.2) is 28.7 Å². The molecule has 0 bridgehead atoms. The summed E-state index contributed by atoms with van der Waals surface area (Å²) >= 11 is 3.38. The average Bonchev–Trinajstić information content (AvgIpc) is 2.45. The standard InChI is InChI=1S/C16H23BrN2O/c1-12-4-3-9-19(11-12)13(2)10-18-16(20)14-5-7-15(17)8-6-14/h5-8,12-13H,3-4,9-11H2,1-2H3,(H,18,20)/t12-,13+/m0/s1. The van der Waals surface area contributed by atoms with Crippen LogP contribution in [0.1, 0.15) is 37.0 Å². The molecule has 110 valence electrons. The number of hydrogen-bond acceptors (Lipinski definition) is 2. The van der Waals surface area contributed by atoms with E-state index in [1.807, 2.05) is 24.3 Å². The molecule has 4 heteroatoms. The highest BCUT2D eigenvalue weighted by molar-refractivity contribution is 9.10. The lowest BCUT2D eigenvalue weighted by atomic mass is 9.99. The Morgan fingerprint density at radius 2 is 2.15 bits per heavy atom. The second-order valence-corrected chi connectivity index (χ2v) is 6.72. The van der Waals surface area contributed by atoms with E-state index < -0.39 is 0 Å². The number of benzene rings is 1. The van der Waals surface area contributed by atoms with Gasteiger partial charge in [0.1, 0.15) is 0 Å². The zero-order chi connectivity index (χ0) is 14.5. The molecule has 1 aromatic rings. The summed E-state index contributed by atoms with van der Waals surface area (Å²) in [6.45, 7) is 7.51. The van der Waals surface area contributed by atoms with Gasteiger partial charge in [0.25, 0.3) is 5.91 Å². The lowest BCUT2D eigenvalue weighted by molar-refractivity contribution is 0.0917. The number of amides is 1. The monoisotopic (exact) mass is 338 g/mol. The van der Waals surface area contributed by atoms with Crippen molar-refractivity contribution in [3.8, 4) is 0 Å². The Bertz CT molecular complexity index is 446. The summed E-state index contributed by atoms with van der Waals surface area (Å²) < 4.78 is 0.990. The van der Waals surface area contributed by atoms with Crippen LogP contribution >= 0.6 is 15.9 Å². The van der Waals surface area contributed by atoms with Gasteiger partial charge in [-0.15, -0.1) is 0 Å². The zero-order valence-electron chi connectivity index (χ0n) is 12.2. The molecule has 1 N–H and O–H groups in total. The van der Waals surface area contributed by atoms with E-state index in [1.165, 1.54) is 12.8 Å². The molecule has 1 aliphatic heterocycles. The summed E-state index contributed by atoms with van der Waals surface area (Å²) in [5.74, 6) is 0.780. The van der Waals surface area contributed by atoms with Crippen LogP contribution in [-0.4, -0.2) is 36.5 Å². The molecule has 1 fully saturated rings. The average molecular weight is 339 g/mol. The van der Waals surface area contributed by atoms with Gasteiger partial charge >= 0.3 is 0 Å². The van der Waals surface area contributed by atoms with Gasteiger partial charge in [0.15, 0.2) is 0 Å². The molecule has 1 heterocycles. The van der Waals surface area contributed by atoms with Crippen LogP contribution in [0.2, 0.25) is 0 Å². The molecule has 0 unspecified atom stereocenters. The molecule has 0 aromatic heterocycles. The lowest BCUT2D eigenvalue weighted by Crippen LogP contribution is -2.46. The van der Waals surface area contributed by atoms with Crippen LogP contribution in [0.3, 0.4) is 0 Å². The molecular weight excluding hydrogens is 316 g/mol. The molecule has 0 saturated carbocycles. The van der Waals surface area contributed by atoms with Crippen LogP contribution in [0.4, 0.5) is 0 Å². The van der Waals surface area contributed by atoms with Crippen molar-refractivity contribution in [1.82, 2.24) is 10.2 Å². The van der Waals surface area contributed by atoms with Crippen molar-refractivity contribution >= 4 is 21.8 Å². The fraction of sp³-hybridized carbons (Fsp3) is 0.562. The summed E-state index contributed by atoms with van der Waals surface area (Å²) in [5, 5.41) is 3.03. The van der Waals surface area contributed by atoms with E-state index in [4.69, 9.17) is 0 Å². The van der Waals surface area contributed by atoms with Gasteiger partial charge in [-0.3, -0.25) is 9.69 Å². The predicted molar refractivity (Wildman–Crippen MR) is 85.9 cm³/mol. The number of rotatable bonds is 4. The van der Waals surface area contributed by atoms with Gasteiger partial charge in [0.2, 0.25) is 0 Å². The number of carbonyl (C=O) groups excluding carboxylic acids is 1. The van der Waals surface area contributed by atoms with Gasteiger partial charge in [0.05, 0.1) is 0 Å². The number of halogens is 1. The predicted octanol–water partition coefficient (Wildman–Crippen LogP) is 3.30. The molecule has 0 spiro atoms. The number of nitrogens with one attached hydrogen (secondary N) is 1. The third-order valence-corrected chi connectivity index (χ3v) is 4.50. The minimum atomic E-state index is 0.00871. The first-order valence-electron chi connectivity index (χ1n) is 7.34. The smallest absolute Gasteiger partial charge is 0.251 e. The molecule has 2 atom stereocenters. The Labute approximate surface area is 129 Å². The topological polar surface area (TPSA) is 32.3 Å². The highest BCUT2D eigenvalue weighted by Crippen LogP contribution is 2.17. The molecule has 0 aliphatic carbocycles. The van der Waals surface area contributed by atoms with E-state index in [0.717, 1.165) is 23.5 Å². The Hall–Kier alpha value is -0.870. The maximum absolute atomic E-state index is 12.1. The van der Waals surface area contributed by atoms with Crippen molar-refractivity contribution in [1.29, 1.82) is 0 Å². The molecule has 2 rings (SSSR count). The number of likely N-dealkylation sites (tertiary alicyclic amines) is 1. The van der Waals surface area contributed by atoms with Crippen molar-refractivity contribution in [3.05, 3.63) is 34.3 Å². The first kappa shape index (κ1) is 15.5. The third kappa shape index (κ3) is 4.32. The summed E-state index contributed by atoms with van der Waals surface area (Å²) in [5.41, 5.74) is 0.715. The first-order valence-corrected chi connectivity index (χ1v) is 8.13. The molecule has 0 radical (unpaired) electrons. The van der Waals surface area contributed by atoms with E-state index in [2.05, 4.69) is 40.0 Å². The fourth-order valence-electron chi connectivity index (χ4n) is 2.70. The van der Waals surface area contributed by atoms with Gasteiger partial charge in [-0.2, -0.15) is 0 Å². The van der Waals surface area contributed by atoms with E-state index in [9.17, 15) is 4.79 Å². The molecular formula is C16H23BrN2O. The number of nitrogens with zero attached hydrogens (tertiary/aromatic N) is 1. The minimum Gasteiger partial charge on any atom is -0.350 e. The Morgan fingerprint density at radius 3 is 2.80 bits per heavy atom. The number of piperidine rings is 1. The van der Waals surface area contributed by atoms with E-state index in [-0.39, 0.29) is 5.91 Å². The quantitative estimate of drug-likeness (QED) is 0.913. The largest absolute Gasteiger partial charge is 0.350 e. The van der Waals surface area contributed by atoms with Crippen LogP contribution in [0, 0.1) is 5.92 Å². The van der Waals surface area contributed by atoms with Crippen molar-refractivity contribution in [2.24, 2.45) is 5.92 Å². The lowest BCUT2D eigenvalue weighted by Gasteiger charge is -2.35. The van der Waals surface area contributed by atoms with E-state index in [1.54, 1.807) is 0 Å². The van der Waals surface area contributed by atoms with Gasteiger partial charge in [-0.05, 0) is 56.5 Å². The van der Waals surface area contributed by atoms with Crippen LogP contribution in [0.5, 0.6) is 0 Å². The van der Waals surface area contributed by atoms with Gasteiger partial charge in [-0.25, -0.2) is 0 Å². The summed E-state index contributed by atoms with van der Waals surface area (Å²) in [7, 11) is 0. The highest BCUT2D eigenvalue weighted by atomic mass is 79.9. The van der Waals surface area contributed by atoms with E-state index >= 15 is 0 Å². The molecule has 1 amide bonds. The maximum Gasteiger partial charge on any atom is 0.251 e. The van der Waals surface area contributed by atoms with Crippen molar-refractivity contribution in [2.45, 2.75) is 32.7 Å². The SMILES string of the molecule is C[C@H]1CCCN([C@H](C)CNC(=O)c2ccc(Br)cc2)C1. The Morgan fingerprint density at radius 1 is 1.45 bits per heavy atom. The second kappa shape index (κ2) is 7.23. The van der Waals surface area contributed by atoms with Crippen molar-refractivity contribution < 1.29 is 4.79 Å². The summed E-state index contributed by atoms with van der Waals surface area (Å²) in [6.07, 6.45) is 2.60. The molecule has 1 aliphatic rings. The van der Waals surface area contributed by atoms with E-state index in [0.29, 0.717) is 18.2 Å². The fourth-order valence-corrected chi connectivity index (χ4v) is 2.96. The van der Waals surface area contributed by atoms with Crippen molar-refractivity contribution in [3.63, 3.8) is 0 Å². The van der Waals surface area contributed by atoms with Gasteiger partial charge in [0, 0.05) is 29.2 Å². The third-order valence-electron chi connectivity index (χ3n) is 3.98. The second-order valence-electron chi connectivity index (χ2n) is 5.81. The normalized spacial score (nSPS) is 21.4. The van der Waals surface area contributed by atoms with Crippen molar-refractivity contribution in [2.75, 3.05) is 19.6 Å². The van der Waals surface area contributed by atoms with Crippen LogP contribution in [0.25, 0.3) is 0 Å².